The summed E-state index contributed by atoms with van der Waals surface area (Å²) in [5.41, 5.74) is 1.70. The fourth-order valence-electron chi connectivity index (χ4n) is 2.50. The number of carbonyl (C=O) groups excluding carboxylic acids is 1. The number of hydrogen-bond acceptors (Lipinski definition) is 7. The molecule has 0 atom stereocenters. The Labute approximate surface area is 166 Å². The molecule has 1 rings (SSSR count). The average Bonchev–Trinajstić information content (AvgIpc) is 2.58. The molecule has 7 nitrogen and oxygen atoms in total. The minimum atomic E-state index is -3.51. The summed E-state index contributed by atoms with van der Waals surface area (Å²) >= 11 is 0. The molecule has 0 heterocycles. The van der Waals surface area contributed by atoms with E-state index < -0.39 is 9.84 Å². The van der Waals surface area contributed by atoms with Crippen LogP contribution in [0.2, 0.25) is 0 Å². The molecule has 28 heavy (non-hydrogen) atoms. The van der Waals surface area contributed by atoms with Crippen LogP contribution in [-0.4, -0.2) is 51.5 Å². The highest BCUT2D eigenvalue weighted by molar-refractivity contribution is 7.90. The number of aliphatic hydroxyl groups excluding tert-OH is 1. The second-order valence-corrected chi connectivity index (χ2v) is 8.30. The number of hydrogen-bond donors (Lipinski definition) is 2. The lowest BCUT2D eigenvalue weighted by Crippen LogP contribution is -2.14. The van der Waals surface area contributed by atoms with E-state index in [1.807, 2.05) is 6.92 Å². The number of aliphatic imine (C=N–C) groups is 1. The number of allylic oxidation sites excluding steroid dienone is 2. The van der Waals surface area contributed by atoms with Crippen molar-refractivity contribution in [3.63, 3.8) is 0 Å². The predicted octanol–water partition coefficient (Wildman–Crippen LogP) is 3.31. The maximum Gasteiger partial charge on any atom is 0.177 e. The average molecular weight is 409 g/mol. The molecule has 8 heteroatoms. The van der Waals surface area contributed by atoms with Crippen LogP contribution in [0.3, 0.4) is 0 Å². The first-order valence-corrected chi connectivity index (χ1v) is 10.7. The van der Waals surface area contributed by atoms with Crippen LogP contribution in [0.15, 0.2) is 39.9 Å². The minimum Gasteiger partial charge on any atom is -0.506 e. The summed E-state index contributed by atoms with van der Waals surface area (Å²) < 4.78 is 29.6. The van der Waals surface area contributed by atoms with Crippen LogP contribution in [0.25, 0.3) is 5.76 Å². The molecule has 0 amide bonds. The van der Waals surface area contributed by atoms with Crippen LogP contribution in [-0.2, 0) is 19.4 Å². The topological polar surface area (TPSA) is 105 Å². The van der Waals surface area contributed by atoms with E-state index in [4.69, 9.17) is 4.74 Å². The molecule has 1 aromatic rings. The molecule has 154 valence electrons. The van der Waals surface area contributed by atoms with Gasteiger partial charge in [0.1, 0.15) is 5.76 Å². The van der Waals surface area contributed by atoms with Gasteiger partial charge in [0.25, 0.3) is 0 Å². The Morgan fingerprint density at radius 1 is 1.36 bits per heavy atom. The van der Waals surface area contributed by atoms with Gasteiger partial charge in [-0.2, -0.15) is 0 Å². The molecule has 0 unspecified atom stereocenters. The van der Waals surface area contributed by atoms with Gasteiger partial charge in [0, 0.05) is 36.9 Å². The maximum absolute atomic E-state index is 12.2. The Kier molecular flexibility index (Phi) is 8.59. The van der Waals surface area contributed by atoms with E-state index in [-0.39, 0.29) is 22.0 Å². The number of nitrogens with zero attached hydrogens (tertiary/aromatic N) is 1. The first-order valence-electron chi connectivity index (χ1n) is 8.80. The number of ketones is 1. The maximum atomic E-state index is 12.2. The Bertz CT molecular complexity index is 915. The van der Waals surface area contributed by atoms with Crippen LogP contribution in [0, 0.1) is 6.92 Å². The lowest BCUT2D eigenvalue weighted by atomic mass is 10.0. The van der Waals surface area contributed by atoms with Crippen molar-refractivity contribution in [1.82, 2.24) is 0 Å². The fraction of sp³-hybridized carbons (Fsp3) is 0.400. The lowest BCUT2D eigenvalue weighted by molar-refractivity contribution is -0.113. The zero-order valence-corrected chi connectivity index (χ0v) is 17.8. The number of rotatable bonds is 10. The van der Waals surface area contributed by atoms with Gasteiger partial charge in [-0.25, -0.2) is 8.42 Å². The molecule has 1 aromatic carbocycles. The summed E-state index contributed by atoms with van der Waals surface area (Å²) in [7, 11) is -3.51. The van der Waals surface area contributed by atoms with Crippen molar-refractivity contribution in [3.05, 3.63) is 41.1 Å². The molecule has 2 N–H and O–H groups in total. The van der Waals surface area contributed by atoms with Crippen LogP contribution in [0.1, 0.15) is 31.9 Å². The molecular formula is C20H28N2O5S. The first kappa shape index (κ1) is 23.6. The highest BCUT2D eigenvalue weighted by Crippen LogP contribution is 2.32. The van der Waals surface area contributed by atoms with Crippen molar-refractivity contribution in [2.75, 3.05) is 31.3 Å². The Morgan fingerprint density at radius 2 is 2.00 bits per heavy atom. The molecule has 0 saturated heterocycles. The van der Waals surface area contributed by atoms with Crippen LogP contribution in [0.5, 0.6) is 0 Å². The van der Waals surface area contributed by atoms with Gasteiger partial charge in [-0.05, 0) is 45.4 Å². The molecule has 0 fully saturated rings. The highest BCUT2D eigenvalue weighted by Gasteiger charge is 2.21. The van der Waals surface area contributed by atoms with E-state index in [1.165, 1.54) is 25.3 Å². The van der Waals surface area contributed by atoms with Crippen LogP contribution < -0.4 is 5.32 Å². The number of aliphatic hydroxyl groups is 1. The van der Waals surface area contributed by atoms with Crippen molar-refractivity contribution < 1.29 is 23.1 Å². The number of anilines is 1. The van der Waals surface area contributed by atoms with Crippen LogP contribution >= 0.6 is 0 Å². The van der Waals surface area contributed by atoms with E-state index >= 15 is 0 Å². The zero-order valence-electron chi connectivity index (χ0n) is 17.0. The van der Waals surface area contributed by atoms with E-state index in [0.717, 1.165) is 6.26 Å². The van der Waals surface area contributed by atoms with Crippen molar-refractivity contribution in [3.8, 4) is 0 Å². The fourth-order valence-corrected chi connectivity index (χ4v) is 3.41. The van der Waals surface area contributed by atoms with Gasteiger partial charge in [0.15, 0.2) is 15.6 Å². The van der Waals surface area contributed by atoms with E-state index in [0.29, 0.717) is 42.3 Å². The number of sulfone groups is 1. The van der Waals surface area contributed by atoms with Gasteiger partial charge in [-0.1, -0.05) is 6.58 Å². The number of Topliss-reactive ketones (excluding diaryl/α,β-unsaturated/α-hetero) is 1. The van der Waals surface area contributed by atoms with Crippen molar-refractivity contribution in [2.24, 2.45) is 4.99 Å². The third-order valence-electron chi connectivity index (χ3n) is 3.88. The Morgan fingerprint density at radius 3 is 2.50 bits per heavy atom. The molecule has 0 bridgehead atoms. The number of nitrogens with one attached hydrogen (secondary N) is 1. The summed E-state index contributed by atoms with van der Waals surface area (Å²) in [6.45, 7) is 11.5. The number of benzene rings is 1. The van der Waals surface area contributed by atoms with Gasteiger partial charge in [-0.15, -0.1) is 0 Å². The van der Waals surface area contributed by atoms with Crippen molar-refractivity contribution in [2.45, 2.75) is 32.6 Å². The summed E-state index contributed by atoms with van der Waals surface area (Å²) in [5.74, 6) is -0.650. The summed E-state index contributed by atoms with van der Waals surface area (Å²) in [6, 6.07) is 2.89. The molecule has 0 spiro atoms. The normalized spacial score (nSPS) is 12.8. The second kappa shape index (κ2) is 10.2. The van der Waals surface area contributed by atoms with E-state index in [1.54, 1.807) is 13.8 Å². The summed E-state index contributed by atoms with van der Waals surface area (Å²) in [6.07, 6.45) is 2.37. The van der Waals surface area contributed by atoms with Gasteiger partial charge in [0.2, 0.25) is 0 Å². The van der Waals surface area contributed by atoms with Gasteiger partial charge >= 0.3 is 0 Å². The molecule has 0 radical (unpaired) electrons. The summed E-state index contributed by atoms with van der Waals surface area (Å²) in [5, 5.41) is 13.8. The van der Waals surface area contributed by atoms with Gasteiger partial charge in [0.05, 0.1) is 22.8 Å². The Balaban J connectivity index is 3.57. The largest absolute Gasteiger partial charge is 0.506 e. The van der Waals surface area contributed by atoms with E-state index in [2.05, 4.69) is 16.9 Å². The quantitative estimate of drug-likeness (QED) is 0.266. The number of carbonyl (C=O) groups is 1. The van der Waals surface area contributed by atoms with Gasteiger partial charge in [-0.3, -0.25) is 9.79 Å². The highest BCUT2D eigenvalue weighted by atomic mass is 32.2. The monoisotopic (exact) mass is 408 g/mol. The zero-order chi connectivity index (χ0) is 21.5. The third kappa shape index (κ3) is 6.31. The smallest absolute Gasteiger partial charge is 0.177 e. The third-order valence-corrected chi connectivity index (χ3v) is 5.02. The van der Waals surface area contributed by atoms with Crippen molar-refractivity contribution >= 4 is 33.3 Å². The molecule has 0 aliphatic rings. The minimum absolute atomic E-state index is 0.0125. The first-order chi connectivity index (χ1) is 13.0. The van der Waals surface area contributed by atoms with Gasteiger partial charge < -0.3 is 15.2 Å². The van der Waals surface area contributed by atoms with E-state index in [9.17, 15) is 18.3 Å². The Hall–Kier alpha value is -2.45. The molecule has 0 aliphatic heterocycles. The molecule has 0 aliphatic carbocycles. The molecular weight excluding hydrogens is 380 g/mol. The summed E-state index contributed by atoms with van der Waals surface area (Å²) in [4.78, 5) is 16.1. The SMILES string of the molecule is C=C(C)N=C/C(C(C)=O)=C(\O)c1ccc(S(C)(=O)=O)c(NCCOCC)c1C. The van der Waals surface area contributed by atoms with Crippen molar-refractivity contribution in [1.29, 1.82) is 0 Å². The van der Waals surface area contributed by atoms with Crippen LogP contribution in [0.4, 0.5) is 5.69 Å². The second-order valence-electron chi connectivity index (χ2n) is 6.32. The lowest BCUT2D eigenvalue weighted by Gasteiger charge is -2.17. The number of ether oxygens (including phenoxy) is 1. The molecule has 0 saturated carbocycles. The molecule has 0 aromatic heterocycles. The predicted molar refractivity (Wildman–Crippen MR) is 113 cm³/mol. The standard InChI is InChI=1S/C20H28N2O5S/c1-7-27-11-10-21-19-14(4)16(8-9-18(19)28(6,25)26)20(24)17(15(5)23)12-22-13(2)3/h8-9,12,21,24H,2,7,10-11H2,1,3-6H3/b20-17+,22-12?.